The standard InChI is InChI=1S/C8H9Cl2NO2/c9-4-6(12)8(13)5-1-2-11-7(10)3-5/h1-3,6,8,12-13H,4H2. The molecule has 0 radical (unpaired) electrons. The summed E-state index contributed by atoms with van der Waals surface area (Å²) in [5.41, 5.74) is 0.508. The molecule has 0 aliphatic carbocycles. The summed E-state index contributed by atoms with van der Waals surface area (Å²) in [5, 5.41) is 19.0. The predicted molar refractivity (Wildman–Crippen MR) is 50.9 cm³/mol. The Hall–Kier alpha value is -0.350. The summed E-state index contributed by atoms with van der Waals surface area (Å²) in [7, 11) is 0. The second-order valence-corrected chi connectivity index (χ2v) is 3.27. The average Bonchev–Trinajstić information content (AvgIpc) is 2.15. The van der Waals surface area contributed by atoms with Gasteiger partial charge in [-0.05, 0) is 17.7 Å². The SMILES string of the molecule is OC(CCl)C(O)c1ccnc(Cl)c1. The first-order valence-corrected chi connectivity index (χ1v) is 4.60. The number of aromatic nitrogens is 1. The van der Waals surface area contributed by atoms with Crippen molar-refractivity contribution in [2.45, 2.75) is 12.2 Å². The molecule has 2 unspecified atom stereocenters. The zero-order valence-electron chi connectivity index (χ0n) is 6.69. The number of pyridine rings is 1. The van der Waals surface area contributed by atoms with Gasteiger partial charge in [-0.2, -0.15) is 0 Å². The van der Waals surface area contributed by atoms with E-state index in [4.69, 9.17) is 23.2 Å². The minimum atomic E-state index is -1.02. The normalized spacial score (nSPS) is 15.4. The lowest BCUT2D eigenvalue weighted by atomic mass is 10.1. The minimum absolute atomic E-state index is 0.0267. The third kappa shape index (κ3) is 2.81. The second kappa shape index (κ2) is 4.77. The summed E-state index contributed by atoms with van der Waals surface area (Å²) in [5.74, 6) is -0.0267. The van der Waals surface area contributed by atoms with Gasteiger partial charge in [0.05, 0.1) is 12.0 Å². The highest BCUT2D eigenvalue weighted by Gasteiger charge is 2.17. The van der Waals surface area contributed by atoms with Gasteiger partial charge in [0.1, 0.15) is 11.3 Å². The Balaban J connectivity index is 2.82. The van der Waals surface area contributed by atoms with Gasteiger partial charge in [-0.1, -0.05) is 11.6 Å². The number of hydrogen-bond acceptors (Lipinski definition) is 3. The fraction of sp³-hybridized carbons (Fsp3) is 0.375. The van der Waals surface area contributed by atoms with E-state index in [0.717, 1.165) is 0 Å². The number of rotatable bonds is 3. The first-order chi connectivity index (χ1) is 6.15. The van der Waals surface area contributed by atoms with E-state index in [1.807, 2.05) is 0 Å². The van der Waals surface area contributed by atoms with Crippen LogP contribution in [-0.4, -0.2) is 27.2 Å². The lowest BCUT2D eigenvalue weighted by molar-refractivity contribution is 0.0327. The molecule has 2 atom stereocenters. The van der Waals surface area contributed by atoms with Crippen molar-refractivity contribution in [3.05, 3.63) is 29.0 Å². The Morgan fingerprint density at radius 1 is 1.46 bits per heavy atom. The van der Waals surface area contributed by atoms with Crippen molar-refractivity contribution in [2.24, 2.45) is 0 Å². The Kier molecular flexibility index (Phi) is 3.93. The number of aliphatic hydroxyl groups is 2. The Labute approximate surface area is 85.9 Å². The lowest BCUT2D eigenvalue weighted by Gasteiger charge is -2.15. The molecule has 0 bridgehead atoms. The minimum Gasteiger partial charge on any atom is -0.389 e. The van der Waals surface area contributed by atoms with Crippen molar-refractivity contribution < 1.29 is 10.2 Å². The van der Waals surface area contributed by atoms with E-state index in [1.165, 1.54) is 12.3 Å². The van der Waals surface area contributed by atoms with Crippen LogP contribution in [0.1, 0.15) is 11.7 Å². The van der Waals surface area contributed by atoms with Gasteiger partial charge in [0.2, 0.25) is 0 Å². The number of nitrogens with zero attached hydrogens (tertiary/aromatic N) is 1. The number of halogens is 2. The molecule has 2 N–H and O–H groups in total. The van der Waals surface area contributed by atoms with Crippen molar-refractivity contribution in [3.63, 3.8) is 0 Å². The molecule has 0 aliphatic heterocycles. The molecule has 1 aromatic heterocycles. The highest BCUT2D eigenvalue weighted by atomic mass is 35.5. The maximum atomic E-state index is 9.49. The second-order valence-electron chi connectivity index (χ2n) is 2.58. The quantitative estimate of drug-likeness (QED) is 0.599. The van der Waals surface area contributed by atoms with E-state index in [1.54, 1.807) is 6.07 Å². The summed E-state index contributed by atoms with van der Waals surface area (Å²) < 4.78 is 0. The van der Waals surface area contributed by atoms with Crippen LogP contribution in [0.25, 0.3) is 0 Å². The van der Waals surface area contributed by atoms with Gasteiger partial charge in [0.15, 0.2) is 0 Å². The van der Waals surface area contributed by atoms with Crippen LogP contribution >= 0.6 is 23.2 Å². The van der Waals surface area contributed by atoms with E-state index in [9.17, 15) is 10.2 Å². The summed E-state index contributed by atoms with van der Waals surface area (Å²) in [6, 6.07) is 3.06. The van der Waals surface area contributed by atoms with Gasteiger partial charge >= 0.3 is 0 Å². The fourth-order valence-electron chi connectivity index (χ4n) is 0.908. The van der Waals surface area contributed by atoms with Gasteiger partial charge < -0.3 is 10.2 Å². The molecule has 1 aromatic rings. The molecule has 0 spiro atoms. The molecule has 1 heterocycles. The summed E-state index contributed by atoms with van der Waals surface area (Å²) >= 11 is 11.0. The molecule has 72 valence electrons. The zero-order chi connectivity index (χ0) is 9.84. The van der Waals surface area contributed by atoms with Crippen molar-refractivity contribution in [2.75, 3.05) is 5.88 Å². The molecule has 0 aromatic carbocycles. The molecule has 3 nitrogen and oxygen atoms in total. The van der Waals surface area contributed by atoms with Crippen LogP contribution in [-0.2, 0) is 0 Å². The number of aliphatic hydroxyl groups excluding tert-OH is 2. The Bertz CT molecular complexity index is 283. The molecule has 5 heteroatoms. The van der Waals surface area contributed by atoms with Gasteiger partial charge in [-0.25, -0.2) is 4.98 Å². The molecular weight excluding hydrogens is 213 g/mol. The molecule has 0 fully saturated rings. The van der Waals surface area contributed by atoms with E-state index >= 15 is 0 Å². The van der Waals surface area contributed by atoms with Gasteiger partial charge in [-0.15, -0.1) is 11.6 Å². The molecule has 0 aliphatic rings. The molecule has 13 heavy (non-hydrogen) atoms. The highest BCUT2D eigenvalue weighted by molar-refractivity contribution is 6.29. The predicted octanol–water partition coefficient (Wildman–Crippen LogP) is 1.37. The number of hydrogen-bond donors (Lipinski definition) is 2. The summed E-state index contributed by atoms with van der Waals surface area (Å²) in [6.07, 6.45) is -0.542. The molecule has 0 saturated carbocycles. The van der Waals surface area contributed by atoms with Crippen LogP contribution in [0.15, 0.2) is 18.3 Å². The molecular formula is C8H9Cl2NO2. The van der Waals surface area contributed by atoms with Crippen LogP contribution in [0.5, 0.6) is 0 Å². The maximum Gasteiger partial charge on any atom is 0.129 e. The summed E-state index contributed by atoms with van der Waals surface area (Å²) in [4.78, 5) is 3.75. The van der Waals surface area contributed by atoms with Crippen molar-refractivity contribution in [1.29, 1.82) is 0 Å². The van der Waals surface area contributed by atoms with Gasteiger partial charge in [-0.3, -0.25) is 0 Å². The topological polar surface area (TPSA) is 53.4 Å². The fourth-order valence-corrected chi connectivity index (χ4v) is 1.26. The highest BCUT2D eigenvalue weighted by Crippen LogP contribution is 2.19. The van der Waals surface area contributed by atoms with Crippen LogP contribution < -0.4 is 0 Å². The van der Waals surface area contributed by atoms with Crippen molar-refractivity contribution in [1.82, 2.24) is 4.98 Å². The molecule has 0 amide bonds. The summed E-state index contributed by atoms with van der Waals surface area (Å²) in [6.45, 7) is 0. The molecule has 0 saturated heterocycles. The van der Waals surface area contributed by atoms with Gasteiger partial charge in [0, 0.05) is 6.20 Å². The first-order valence-electron chi connectivity index (χ1n) is 3.68. The largest absolute Gasteiger partial charge is 0.389 e. The number of alkyl halides is 1. The van der Waals surface area contributed by atoms with Gasteiger partial charge in [0.25, 0.3) is 0 Å². The van der Waals surface area contributed by atoms with Crippen LogP contribution in [0, 0.1) is 0 Å². The smallest absolute Gasteiger partial charge is 0.129 e. The maximum absolute atomic E-state index is 9.49. The third-order valence-electron chi connectivity index (χ3n) is 1.61. The van der Waals surface area contributed by atoms with Crippen molar-refractivity contribution >= 4 is 23.2 Å². The van der Waals surface area contributed by atoms with E-state index < -0.39 is 12.2 Å². The monoisotopic (exact) mass is 221 g/mol. The van der Waals surface area contributed by atoms with Crippen LogP contribution in [0.4, 0.5) is 0 Å². The molecule has 1 rings (SSSR count). The Morgan fingerprint density at radius 2 is 2.15 bits per heavy atom. The van der Waals surface area contributed by atoms with E-state index in [0.29, 0.717) is 5.56 Å². The van der Waals surface area contributed by atoms with Crippen LogP contribution in [0.3, 0.4) is 0 Å². The lowest BCUT2D eigenvalue weighted by Crippen LogP contribution is -2.19. The first kappa shape index (κ1) is 10.7. The van der Waals surface area contributed by atoms with E-state index in [2.05, 4.69) is 4.98 Å². The third-order valence-corrected chi connectivity index (χ3v) is 2.14. The average molecular weight is 222 g/mol. The van der Waals surface area contributed by atoms with E-state index in [-0.39, 0.29) is 11.0 Å². The van der Waals surface area contributed by atoms with Crippen LogP contribution in [0.2, 0.25) is 5.15 Å². The Morgan fingerprint density at radius 3 is 2.69 bits per heavy atom. The van der Waals surface area contributed by atoms with Crippen molar-refractivity contribution in [3.8, 4) is 0 Å². The zero-order valence-corrected chi connectivity index (χ0v) is 8.20.